The van der Waals surface area contributed by atoms with E-state index in [9.17, 15) is 9.18 Å². The van der Waals surface area contributed by atoms with Crippen LogP contribution in [-0.4, -0.2) is 32.5 Å². The van der Waals surface area contributed by atoms with Crippen molar-refractivity contribution < 1.29 is 9.18 Å². The molecular weight excluding hydrogens is 398 g/mol. The summed E-state index contributed by atoms with van der Waals surface area (Å²) in [4.78, 5) is 15.8. The number of aliphatic imine (C=N–C) groups is 1. The van der Waals surface area contributed by atoms with Gasteiger partial charge in [0.05, 0.1) is 5.41 Å². The van der Waals surface area contributed by atoms with Gasteiger partial charge in [0.25, 0.3) is 0 Å². The third-order valence-corrected chi connectivity index (χ3v) is 3.17. The normalized spacial score (nSPS) is 11.4. The van der Waals surface area contributed by atoms with Gasteiger partial charge in [-0.25, -0.2) is 4.39 Å². The van der Waals surface area contributed by atoms with E-state index in [0.717, 1.165) is 0 Å². The number of rotatable bonds is 5. The first kappa shape index (κ1) is 20.6. The van der Waals surface area contributed by atoms with Crippen molar-refractivity contribution in [3.05, 3.63) is 35.6 Å². The number of hydrogen-bond donors (Lipinski definition) is 3. The van der Waals surface area contributed by atoms with E-state index >= 15 is 0 Å². The van der Waals surface area contributed by atoms with Crippen LogP contribution in [0.1, 0.15) is 19.4 Å². The lowest BCUT2D eigenvalue weighted by molar-refractivity contribution is -0.128. The summed E-state index contributed by atoms with van der Waals surface area (Å²) in [5.41, 5.74) is -0.00399. The van der Waals surface area contributed by atoms with Gasteiger partial charge in [-0.2, -0.15) is 0 Å². The van der Waals surface area contributed by atoms with E-state index < -0.39 is 5.41 Å². The van der Waals surface area contributed by atoms with Crippen molar-refractivity contribution >= 4 is 35.8 Å². The first-order valence-corrected chi connectivity index (χ1v) is 6.81. The Morgan fingerprint density at radius 1 is 1.27 bits per heavy atom. The Labute approximate surface area is 148 Å². The fourth-order valence-electron chi connectivity index (χ4n) is 1.76. The third kappa shape index (κ3) is 6.17. The largest absolute Gasteiger partial charge is 0.359 e. The molecule has 0 spiro atoms. The van der Waals surface area contributed by atoms with Gasteiger partial charge in [0.15, 0.2) is 5.96 Å². The summed E-state index contributed by atoms with van der Waals surface area (Å²) in [5.74, 6) is 0.209. The summed E-state index contributed by atoms with van der Waals surface area (Å²) in [5, 5.41) is 8.72. The Hall–Kier alpha value is -1.38. The number of nitrogens with one attached hydrogen (secondary N) is 3. The molecule has 0 heterocycles. The minimum absolute atomic E-state index is 0. The molecule has 5 nitrogen and oxygen atoms in total. The molecule has 7 heteroatoms. The van der Waals surface area contributed by atoms with E-state index in [1.54, 1.807) is 32.3 Å². The number of benzene rings is 1. The number of carbonyl (C=O) groups is 1. The number of guanidine groups is 1. The lowest BCUT2D eigenvalue weighted by Crippen LogP contribution is -2.47. The fraction of sp³-hybridized carbons (Fsp3) is 0.467. The van der Waals surface area contributed by atoms with Gasteiger partial charge < -0.3 is 16.0 Å². The number of nitrogens with zero attached hydrogens (tertiary/aromatic N) is 1. The number of halogens is 2. The van der Waals surface area contributed by atoms with Gasteiger partial charge in [0, 0.05) is 32.7 Å². The van der Waals surface area contributed by atoms with Crippen molar-refractivity contribution in [1.82, 2.24) is 16.0 Å². The predicted molar refractivity (Wildman–Crippen MR) is 97.9 cm³/mol. The van der Waals surface area contributed by atoms with Gasteiger partial charge in [-0.15, -0.1) is 24.0 Å². The molecule has 1 rings (SSSR count). The molecule has 0 aromatic heterocycles. The number of carbonyl (C=O) groups excluding carboxylic acids is 1. The molecule has 0 radical (unpaired) electrons. The average molecular weight is 422 g/mol. The van der Waals surface area contributed by atoms with Crippen LogP contribution in [0.2, 0.25) is 0 Å². The maximum Gasteiger partial charge on any atom is 0.227 e. The molecule has 0 bridgehead atoms. The summed E-state index contributed by atoms with van der Waals surface area (Å²) >= 11 is 0. The second-order valence-corrected chi connectivity index (χ2v) is 5.33. The van der Waals surface area contributed by atoms with Gasteiger partial charge in [0.2, 0.25) is 5.91 Å². The summed E-state index contributed by atoms with van der Waals surface area (Å²) < 4.78 is 13.5. The summed E-state index contributed by atoms with van der Waals surface area (Å²) in [6, 6.07) is 6.56. The van der Waals surface area contributed by atoms with Crippen LogP contribution in [0.15, 0.2) is 29.3 Å². The molecule has 3 N–H and O–H groups in total. The zero-order chi connectivity index (χ0) is 15.9. The molecule has 0 aliphatic heterocycles. The Kier molecular flexibility index (Phi) is 9.00. The highest BCUT2D eigenvalue weighted by Crippen LogP contribution is 2.13. The van der Waals surface area contributed by atoms with Crippen LogP contribution in [0.4, 0.5) is 4.39 Å². The van der Waals surface area contributed by atoms with Gasteiger partial charge in [-0.1, -0.05) is 18.2 Å². The zero-order valence-electron chi connectivity index (χ0n) is 13.4. The summed E-state index contributed by atoms with van der Waals surface area (Å²) in [6.07, 6.45) is 0. The molecule has 0 aliphatic carbocycles. The van der Waals surface area contributed by atoms with E-state index in [2.05, 4.69) is 20.9 Å². The lowest BCUT2D eigenvalue weighted by Gasteiger charge is -2.24. The molecular formula is C15H24FIN4O. The van der Waals surface area contributed by atoms with E-state index in [1.807, 2.05) is 13.8 Å². The van der Waals surface area contributed by atoms with Crippen LogP contribution in [0.25, 0.3) is 0 Å². The van der Waals surface area contributed by atoms with Crippen LogP contribution in [0.5, 0.6) is 0 Å². The second-order valence-electron chi connectivity index (χ2n) is 5.33. The van der Waals surface area contributed by atoms with Gasteiger partial charge in [-0.3, -0.25) is 9.79 Å². The van der Waals surface area contributed by atoms with E-state index in [1.165, 1.54) is 6.07 Å². The Balaban J connectivity index is 0.00000441. The maximum absolute atomic E-state index is 13.5. The molecule has 1 aromatic rings. The molecule has 0 aliphatic rings. The Bertz CT molecular complexity index is 520. The van der Waals surface area contributed by atoms with Crippen LogP contribution >= 0.6 is 24.0 Å². The first-order valence-electron chi connectivity index (χ1n) is 6.81. The molecule has 0 fully saturated rings. The van der Waals surface area contributed by atoms with Gasteiger partial charge in [0.1, 0.15) is 5.82 Å². The lowest BCUT2D eigenvalue weighted by atomic mass is 9.92. The maximum atomic E-state index is 13.5. The van der Waals surface area contributed by atoms with Gasteiger partial charge >= 0.3 is 0 Å². The minimum atomic E-state index is -0.565. The van der Waals surface area contributed by atoms with E-state index in [0.29, 0.717) is 24.6 Å². The average Bonchev–Trinajstić information content (AvgIpc) is 2.48. The van der Waals surface area contributed by atoms with Crippen molar-refractivity contribution in [3.63, 3.8) is 0 Å². The Morgan fingerprint density at radius 2 is 1.91 bits per heavy atom. The second kappa shape index (κ2) is 9.60. The van der Waals surface area contributed by atoms with Gasteiger partial charge in [-0.05, 0) is 19.9 Å². The first-order chi connectivity index (χ1) is 9.90. The minimum Gasteiger partial charge on any atom is -0.359 e. The SMILES string of the molecule is CN=C(NCc1ccccc1F)NCC(C)(C)C(=O)NC.I. The molecule has 124 valence electrons. The highest BCUT2D eigenvalue weighted by atomic mass is 127. The molecule has 1 amide bonds. The number of amides is 1. The fourth-order valence-corrected chi connectivity index (χ4v) is 1.76. The highest BCUT2D eigenvalue weighted by molar-refractivity contribution is 14.0. The van der Waals surface area contributed by atoms with Crippen LogP contribution in [-0.2, 0) is 11.3 Å². The van der Waals surface area contributed by atoms with Crippen molar-refractivity contribution in [3.8, 4) is 0 Å². The topological polar surface area (TPSA) is 65.5 Å². The quantitative estimate of drug-likeness (QED) is 0.386. The Morgan fingerprint density at radius 3 is 2.45 bits per heavy atom. The highest BCUT2D eigenvalue weighted by Gasteiger charge is 2.26. The van der Waals surface area contributed by atoms with Crippen molar-refractivity contribution in [1.29, 1.82) is 0 Å². The number of hydrogen-bond acceptors (Lipinski definition) is 2. The monoisotopic (exact) mass is 422 g/mol. The van der Waals surface area contributed by atoms with Crippen molar-refractivity contribution in [2.24, 2.45) is 10.4 Å². The molecule has 0 atom stereocenters. The van der Waals surface area contributed by atoms with E-state index in [-0.39, 0.29) is 35.7 Å². The molecule has 0 saturated heterocycles. The standard InChI is InChI=1S/C15H23FN4O.HI/c1-15(2,13(21)17-3)10-20-14(18-4)19-9-11-7-5-6-8-12(11)16;/h5-8H,9-10H2,1-4H3,(H,17,21)(H2,18,19,20);1H. The summed E-state index contributed by atoms with van der Waals surface area (Å²) in [7, 11) is 3.24. The zero-order valence-corrected chi connectivity index (χ0v) is 15.7. The van der Waals surface area contributed by atoms with Crippen molar-refractivity contribution in [2.75, 3.05) is 20.6 Å². The van der Waals surface area contributed by atoms with Crippen LogP contribution < -0.4 is 16.0 Å². The van der Waals surface area contributed by atoms with E-state index in [4.69, 9.17) is 0 Å². The molecule has 22 heavy (non-hydrogen) atoms. The third-order valence-electron chi connectivity index (χ3n) is 3.17. The predicted octanol–water partition coefficient (Wildman–Crippen LogP) is 1.88. The molecule has 0 saturated carbocycles. The van der Waals surface area contributed by atoms with Crippen LogP contribution in [0.3, 0.4) is 0 Å². The van der Waals surface area contributed by atoms with Crippen molar-refractivity contribution in [2.45, 2.75) is 20.4 Å². The summed E-state index contributed by atoms with van der Waals surface area (Å²) in [6.45, 7) is 4.42. The van der Waals surface area contributed by atoms with Crippen LogP contribution in [0, 0.1) is 11.2 Å². The molecule has 0 unspecified atom stereocenters. The molecule has 1 aromatic carbocycles. The smallest absolute Gasteiger partial charge is 0.227 e.